The average Bonchev–Trinajstić information content (AvgIpc) is 2.93. The van der Waals surface area contributed by atoms with Crippen molar-refractivity contribution in [2.24, 2.45) is 5.92 Å². The number of carbonyl (C=O) groups is 1. The minimum Gasteiger partial charge on any atom is -0.352 e. The Balaban J connectivity index is 1.57. The summed E-state index contributed by atoms with van der Waals surface area (Å²) in [6, 6.07) is 3.84. The molecule has 2 heterocycles. The summed E-state index contributed by atoms with van der Waals surface area (Å²) in [6.07, 6.45) is 6.14. The Bertz CT molecular complexity index is 567. The number of fused-ring (bicyclic) bond motifs is 1. The summed E-state index contributed by atoms with van der Waals surface area (Å²) >= 11 is 1.66. The number of aromatic nitrogens is 2. The van der Waals surface area contributed by atoms with Crippen LogP contribution >= 0.6 is 11.3 Å². The topological polar surface area (TPSA) is 54.9 Å². The number of pyridine rings is 1. The van der Waals surface area contributed by atoms with Crippen molar-refractivity contribution in [2.45, 2.75) is 25.8 Å². The maximum Gasteiger partial charge on any atom is 0.223 e. The molecule has 1 unspecified atom stereocenters. The molecule has 0 spiro atoms. The normalized spacial score (nSPS) is 17.8. The smallest absolute Gasteiger partial charge is 0.223 e. The zero-order valence-corrected chi connectivity index (χ0v) is 11.3. The van der Waals surface area contributed by atoms with Crippen LogP contribution in [0.1, 0.15) is 22.6 Å². The fraction of sp³-hybridized carbons (Fsp3) is 0.357. The summed E-state index contributed by atoms with van der Waals surface area (Å²) in [5.74, 6) is 0.241. The molecular weight excluding hydrogens is 258 g/mol. The molecule has 2 aromatic rings. The molecule has 1 atom stereocenters. The van der Waals surface area contributed by atoms with E-state index < -0.39 is 0 Å². The first-order valence-electron chi connectivity index (χ1n) is 6.41. The number of thiazole rings is 1. The number of nitrogens with zero attached hydrogens (tertiary/aromatic N) is 2. The van der Waals surface area contributed by atoms with Crippen LogP contribution in [-0.4, -0.2) is 15.9 Å². The monoisotopic (exact) mass is 273 g/mol. The highest BCUT2D eigenvalue weighted by Gasteiger charge is 2.25. The number of hydrogen-bond donors (Lipinski definition) is 1. The fourth-order valence-corrected chi connectivity index (χ4v) is 3.25. The number of amides is 1. The molecule has 1 amide bonds. The van der Waals surface area contributed by atoms with Gasteiger partial charge in [-0.1, -0.05) is 0 Å². The molecule has 0 saturated carbocycles. The van der Waals surface area contributed by atoms with Crippen molar-refractivity contribution >= 4 is 17.2 Å². The molecule has 1 aliphatic carbocycles. The van der Waals surface area contributed by atoms with Crippen LogP contribution in [0.4, 0.5) is 0 Å². The lowest BCUT2D eigenvalue weighted by Crippen LogP contribution is -2.33. The molecule has 0 aliphatic heterocycles. The molecular formula is C14H15N3OS. The summed E-state index contributed by atoms with van der Waals surface area (Å²) in [7, 11) is 0. The van der Waals surface area contributed by atoms with Crippen LogP contribution in [-0.2, 0) is 24.2 Å². The van der Waals surface area contributed by atoms with Crippen LogP contribution in [0, 0.1) is 5.92 Å². The van der Waals surface area contributed by atoms with Crippen molar-refractivity contribution in [2.75, 3.05) is 0 Å². The number of carbonyl (C=O) groups excluding carboxylic acids is 1. The Morgan fingerprint density at radius 1 is 1.42 bits per heavy atom. The maximum atomic E-state index is 12.2. The average molecular weight is 273 g/mol. The second-order valence-electron chi connectivity index (χ2n) is 4.74. The maximum absolute atomic E-state index is 12.2. The molecule has 98 valence electrons. The van der Waals surface area contributed by atoms with E-state index in [4.69, 9.17) is 0 Å². The van der Waals surface area contributed by atoms with E-state index in [0.717, 1.165) is 24.8 Å². The van der Waals surface area contributed by atoms with Gasteiger partial charge >= 0.3 is 0 Å². The third-order valence-electron chi connectivity index (χ3n) is 3.47. The number of rotatable bonds is 3. The van der Waals surface area contributed by atoms with E-state index in [-0.39, 0.29) is 11.8 Å². The first-order chi connectivity index (χ1) is 9.33. The number of nitrogens with one attached hydrogen (secondary N) is 1. The Morgan fingerprint density at radius 2 is 2.26 bits per heavy atom. The molecule has 19 heavy (non-hydrogen) atoms. The van der Waals surface area contributed by atoms with Crippen molar-refractivity contribution in [1.82, 2.24) is 15.3 Å². The Labute approximate surface area is 115 Å². The summed E-state index contributed by atoms with van der Waals surface area (Å²) in [5, 5.41) is 3.01. The lowest BCUT2D eigenvalue weighted by Gasteiger charge is -2.20. The van der Waals surface area contributed by atoms with E-state index in [2.05, 4.69) is 15.3 Å². The van der Waals surface area contributed by atoms with E-state index >= 15 is 0 Å². The van der Waals surface area contributed by atoms with Crippen molar-refractivity contribution < 1.29 is 4.79 Å². The number of hydrogen-bond acceptors (Lipinski definition) is 4. The van der Waals surface area contributed by atoms with Gasteiger partial charge in [-0.3, -0.25) is 9.78 Å². The van der Waals surface area contributed by atoms with E-state index in [1.54, 1.807) is 23.7 Å². The second-order valence-corrected chi connectivity index (χ2v) is 5.67. The van der Waals surface area contributed by atoms with Crippen LogP contribution in [0.25, 0.3) is 0 Å². The molecule has 1 aliphatic rings. The van der Waals surface area contributed by atoms with Crippen molar-refractivity contribution in [1.29, 1.82) is 0 Å². The van der Waals surface area contributed by atoms with E-state index in [1.165, 1.54) is 10.6 Å². The van der Waals surface area contributed by atoms with Crippen LogP contribution in [0.15, 0.2) is 30.0 Å². The van der Waals surface area contributed by atoms with E-state index in [1.807, 2.05) is 17.6 Å². The fourth-order valence-electron chi connectivity index (χ4n) is 2.36. The minimum atomic E-state index is 0.0924. The lowest BCUT2D eigenvalue weighted by atomic mass is 9.90. The quantitative estimate of drug-likeness (QED) is 0.930. The molecule has 1 N–H and O–H groups in total. The zero-order valence-electron chi connectivity index (χ0n) is 10.5. The summed E-state index contributed by atoms with van der Waals surface area (Å²) in [5.41, 5.74) is 4.14. The summed E-state index contributed by atoms with van der Waals surface area (Å²) < 4.78 is 0. The van der Waals surface area contributed by atoms with Crippen molar-refractivity contribution in [3.8, 4) is 0 Å². The van der Waals surface area contributed by atoms with Gasteiger partial charge in [0.15, 0.2) is 0 Å². The van der Waals surface area contributed by atoms with Gasteiger partial charge in [0.05, 0.1) is 11.2 Å². The van der Waals surface area contributed by atoms with Gasteiger partial charge < -0.3 is 5.32 Å². The van der Waals surface area contributed by atoms with Gasteiger partial charge in [-0.25, -0.2) is 4.98 Å². The Kier molecular flexibility index (Phi) is 3.55. The molecule has 0 aromatic carbocycles. The predicted octanol–water partition coefficient (Wildman–Crippen LogP) is 1.96. The van der Waals surface area contributed by atoms with Crippen LogP contribution in [0.5, 0.6) is 0 Å². The third-order valence-corrected chi connectivity index (χ3v) is 4.37. The lowest BCUT2D eigenvalue weighted by molar-refractivity contribution is -0.125. The molecule has 3 rings (SSSR count). The highest BCUT2D eigenvalue weighted by atomic mass is 32.1. The van der Waals surface area contributed by atoms with Gasteiger partial charge in [-0.05, 0) is 37.0 Å². The molecule has 2 aromatic heterocycles. The molecule has 0 fully saturated rings. The standard InChI is InChI=1S/C14H15N3OS/c18-14(16-8-10-3-5-15-6-4-10)11-1-2-12-13(7-11)19-9-17-12/h3-6,9,11H,1-2,7-8H2,(H,16,18). The highest BCUT2D eigenvalue weighted by Crippen LogP contribution is 2.27. The van der Waals surface area contributed by atoms with Gasteiger partial charge in [0.1, 0.15) is 0 Å². The van der Waals surface area contributed by atoms with Crippen molar-refractivity contribution in [3.63, 3.8) is 0 Å². The first kappa shape index (κ1) is 12.3. The van der Waals surface area contributed by atoms with Gasteiger partial charge in [0.25, 0.3) is 0 Å². The predicted molar refractivity (Wildman–Crippen MR) is 73.7 cm³/mol. The minimum absolute atomic E-state index is 0.0924. The number of aryl methyl sites for hydroxylation is 1. The molecule has 0 bridgehead atoms. The molecule has 0 radical (unpaired) electrons. The van der Waals surface area contributed by atoms with Gasteiger partial charge in [-0.2, -0.15) is 0 Å². The first-order valence-corrected chi connectivity index (χ1v) is 7.29. The van der Waals surface area contributed by atoms with Crippen molar-refractivity contribution in [3.05, 3.63) is 46.2 Å². The van der Waals surface area contributed by atoms with E-state index in [9.17, 15) is 4.79 Å². The van der Waals surface area contributed by atoms with Crippen LogP contribution < -0.4 is 5.32 Å². The van der Waals surface area contributed by atoms with Gasteiger partial charge in [0, 0.05) is 29.7 Å². The van der Waals surface area contributed by atoms with Gasteiger partial charge in [0.2, 0.25) is 5.91 Å². The van der Waals surface area contributed by atoms with E-state index in [0.29, 0.717) is 6.54 Å². The van der Waals surface area contributed by atoms with Crippen LogP contribution in [0.2, 0.25) is 0 Å². The second kappa shape index (κ2) is 5.48. The Hall–Kier alpha value is -1.75. The molecule has 0 saturated heterocycles. The SMILES string of the molecule is O=C(NCc1ccncc1)C1CCc2ncsc2C1. The van der Waals surface area contributed by atoms with Crippen LogP contribution in [0.3, 0.4) is 0 Å². The summed E-state index contributed by atoms with van der Waals surface area (Å²) in [4.78, 5) is 21.7. The summed E-state index contributed by atoms with van der Waals surface area (Å²) in [6.45, 7) is 0.577. The zero-order chi connectivity index (χ0) is 13.1. The molecule has 5 heteroatoms. The van der Waals surface area contributed by atoms with Gasteiger partial charge in [-0.15, -0.1) is 11.3 Å². The third kappa shape index (κ3) is 2.81. The Morgan fingerprint density at radius 3 is 3.11 bits per heavy atom. The largest absolute Gasteiger partial charge is 0.352 e. The molecule has 4 nitrogen and oxygen atoms in total. The highest BCUT2D eigenvalue weighted by molar-refractivity contribution is 7.09.